The fourth-order valence-electron chi connectivity index (χ4n) is 2.89. The molecule has 29 heavy (non-hydrogen) atoms. The van der Waals surface area contributed by atoms with Gasteiger partial charge in [0.15, 0.2) is 5.96 Å². The Kier molecular flexibility index (Phi) is 7.32. The molecular weight excluding hydrogens is 379 g/mol. The first-order chi connectivity index (χ1) is 13.6. The molecule has 1 aromatic heterocycles. The van der Waals surface area contributed by atoms with E-state index in [4.69, 9.17) is 0 Å². The second-order valence-corrected chi connectivity index (χ2v) is 7.00. The van der Waals surface area contributed by atoms with Crippen molar-refractivity contribution in [2.45, 2.75) is 32.5 Å². The third kappa shape index (κ3) is 6.28. The molecular formula is C21H26F3N5. The van der Waals surface area contributed by atoms with Crippen LogP contribution in [0.4, 0.5) is 13.2 Å². The van der Waals surface area contributed by atoms with Gasteiger partial charge in [0.05, 0.1) is 17.8 Å². The summed E-state index contributed by atoms with van der Waals surface area (Å²) >= 11 is 0. The summed E-state index contributed by atoms with van der Waals surface area (Å²) in [7, 11) is 5.52. The van der Waals surface area contributed by atoms with E-state index < -0.39 is 11.7 Å². The van der Waals surface area contributed by atoms with Crippen LogP contribution >= 0.6 is 0 Å². The van der Waals surface area contributed by atoms with E-state index in [1.807, 2.05) is 29.9 Å². The van der Waals surface area contributed by atoms with Gasteiger partial charge in [0.1, 0.15) is 0 Å². The zero-order valence-corrected chi connectivity index (χ0v) is 17.3. The minimum Gasteiger partial charge on any atom is -0.345 e. The van der Waals surface area contributed by atoms with Crippen LogP contribution in [0.1, 0.15) is 42.1 Å². The Bertz CT molecular complexity index is 899. The zero-order valence-electron chi connectivity index (χ0n) is 17.3. The average molecular weight is 405 g/mol. The second kappa shape index (κ2) is 9.50. The number of aryl methyl sites for hydroxylation is 1. The lowest BCUT2D eigenvalue weighted by Gasteiger charge is -2.21. The summed E-state index contributed by atoms with van der Waals surface area (Å²) in [5, 5.41) is 7.66. The normalized spacial score (nSPS) is 12.0. The van der Waals surface area contributed by atoms with Crippen molar-refractivity contribution in [3.05, 3.63) is 52.8 Å². The Balaban J connectivity index is 1.95. The second-order valence-electron chi connectivity index (χ2n) is 7.00. The predicted molar refractivity (Wildman–Crippen MR) is 108 cm³/mol. The van der Waals surface area contributed by atoms with Gasteiger partial charge in [-0.2, -0.15) is 18.3 Å². The lowest BCUT2D eigenvalue weighted by atomic mass is 10.1. The minimum absolute atomic E-state index is 0.322. The standard InChI is InChI=1S/C21H26F3N5/c1-15(2)19-17(14-29(5)27-19)13-28(4)20(25-3)26-12-6-7-16-8-10-18(11-9-16)21(22,23)24/h8-11,14-15H,12-13H2,1-5H3,(H,25,26). The number of aromatic nitrogens is 2. The lowest BCUT2D eigenvalue weighted by molar-refractivity contribution is -0.137. The van der Waals surface area contributed by atoms with E-state index in [0.29, 0.717) is 30.5 Å². The third-order valence-electron chi connectivity index (χ3n) is 4.24. The van der Waals surface area contributed by atoms with Crippen LogP contribution < -0.4 is 5.32 Å². The van der Waals surface area contributed by atoms with E-state index in [-0.39, 0.29) is 0 Å². The Labute approximate surface area is 169 Å². The number of nitrogens with one attached hydrogen (secondary N) is 1. The van der Waals surface area contributed by atoms with Gasteiger partial charge < -0.3 is 10.2 Å². The molecule has 2 rings (SSSR count). The molecule has 0 atom stereocenters. The van der Waals surface area contributed by atoms with Gasteiger partial charge in [-0.05, 0) is 30.2 Å². The van der Waals surface area contributed by atoms with E-state index in [9.17, 15) is 13.2 Å². The number of alkyl halides is 3. The van der Waals surface area contributed by atoms with Crippen LogP contribution in [-0.2, 0) is 19.8 Å². The van der Waals surface area contributed by atoms with Gasteiger partial charge in [-0.1, -0.05) is 25.7 Å². The molecule has 0 saturated heterocycles. The molecule has 0 saturated carbocycles. The molecule has 0 fully saturated rings. The first-order valence-corrected chi connectivity index (χ1v) is 9.22. The van der Waals surface area contributed by atoms with Crippen molar-refractivity contribution < 1.29 is 13.2 Å². The maximum absolute atomic E-state index is 12.6. The van der Waals surface area contributed by atoms with Crippen molar-refractivity contribution in [1.29, 1.82) is 0 Å². The fourth-order valence-corrected chi connectivity index (χ4v) is 2.89. The van der Waals surface area contributed by atoms with Gasteiger partial charge in [0, 0.05) is 45.0 Å². The van der Waals surface area contributed by atoms with Gasteiger partial charge in [-0.25, -0.2) is 0 Å². The van der Waals surface area contributed by atoms with E-state index in [1.165, 1.54) is 12.1 Å². The van der Waals surface area contributed by atoms with E-state index in [2.05, 4.69) is 41.1 Å². The number of nitrogens with zero attached hydrogens (tertiary/aromatic N) is 4. The van der Waals surface area contributed by atoms with Crippen LogP contribution in [0.5, 0.6) is 0 Å². The first-order valence-electron chi connectivity index (χ1n) is 9.22. The van der Waals surface area contributed by atoms with Crippen molar-refractivity contribution in [3.8, 4) is 11.8 Å². The number of guanidine groups is 1. The number of hydrogen-bond acceptors (Lipinski definition) is 2. The maximum Gasteiger partial charge on any atom is 0.416 e. The molecule has 1 heterocycles. The summed E-state index contributed by atoms with van der Waals surface area (Å²) in [4.78, 5) is 6.24. The van der Waals surface area contributed by atoms with Crippen molar-refractivity contribution in [2.24, 2.45) is 12.0 Å². The fraction of sp³-hybridized carbons (Fsp3) is 0.429. The topological polar surface area (TPSA) is 45.5 Å². The molecule has 0 amide bonds. The molecule has 156 valence electrons. The summed E-state index contributed by atoms with van der Waals surface area (Å²) in [5.74, 6) is 6.76. The highest BCUT2D eigenvalue weighted by Gasteiger charge is 2.29. The Morgan fingerprint density at radius 2 is 1.93 bits per heavy atom. The molecule has 0 radical (unpaired) electrons. The van der Waals surface area contributed by atoms with Crippen LogP contribution in [-0.4, -0.2) is 41.3 Å². The summed E-state index contributed by atoms with van der Waals surface area (Å²) in [6, 6.07) is 4.80. The summed E-state index contributed by atoms with van der Waals surface area (Å²) < 4.78 is 39.6. The van der Waals surface area contributed by atoms with Crippen LogP contribution in [0.3, 0.4) is 0 Å². The van der Waals surface area contributed by atoms with Gasteiger partial charge in [0.2, 0.25) is 0 Å². The summed E-state index contributed by atoms with van der Waals surface area (Å²) in [5.41, 5.74) is 2.03. The average Bonchev–Trinajstić information content (AvgIpc) is 3.01. The highest BCUT2D eigenvalue weighted by Crippen LogP contribution is 2.28. The zero-order chi connectivity index (χ0) is 21.6. The largest absolute Gasteiger partial charge is 0.416 e. The predicted octanol–water partition coefficient (Wildman–Crippen LogP) is 3.62. The number of rotatable bonds is 4. The quantitative estimate of drug-likeness (QED) is 0.480. The molecule has 1 N–H and O–H groups in total. The third-order valence-corrected chi connectivity index (χ3v) is 4.24. The molecule has 5 nitrogen and oxygen atoms in total. The smallest absolute Gasteiger partial charge is 0.345 e. The molecule has 8 heteroatoms. The Morgan fingerprint density at radius 3 is 2.48 bits per heavy atom. The minimum atomic E-state index is -4.34. The molecule has 2 aromatic rings. The first kappa shape index (κ1) is 22.3. The van der Waals surface area contributed by atoms with Crippen molar-refractivity contribution in [1.82, 2.24) is 20.0 Å². The van der Waals surface area contributed by atoms with Crippen LogP contribution in [0, 0.1) is 11.8 Å². The molecule has 0 aliphatic carbocycles. The molecule has 1 aromatic carbocycles. The van der Waals surface area contributed by atoms with Gasteiger partial charge in [-0.3, -0.25) is 9.67 Å². The highest BCUT2D eigenvalue weighted by molar-refractivity contribution is 5.79. The van der Waals surface area contributed by atoms with Crippen molar-refractivity contribution in [2.75, 3.05) is 20.6 Å². The van der Waals surface area contributed by atoms with Gasteiger partial charge in [-0.15, -0.1) is 0 Å². The van der Waals surface area contributed by atoms with Gasteiger partial charge in [0.25, 0.3) is 0 Å². The van der Waals surface area contributed by atoms with Crippen LogP contribution in [0.2, 0.25) is 0 Å². The number of aliphatic imine (C=N–C) groups is 1. The molecule has 0 spiro atoms. The van der Waals surface area contributed by atoms with Crippen molar-refractivity contribution in [3.63, 3.8) is 0 Å². The molecule has 0 aliphatic heterocycles. The molecule has 0 unspecified atom stereocenters. The maximum atomic E-state index is 12.6. The van der Waals surface area contributed by atoms with E-state index in [1.54, 1.807) is 7.05 Å². The van der Waals surface area contributed by atoms with Crippen molar-refractivity contribution >= 4 is 5.96 Å². The number of halogens is 3. The Hall–Kier alpha value is -2.95. The SMILES string of the molecule is CN=C(NCC#Cc1ccc(C(F)(F)F)cc1)N(C)Cc1cn(C)nc1C(C)C. The summed E-state index contributed by atoms with van der Waals surface area (Å²) in [6.07, 6.45) is -2.34. The monoisotopic (exact) mass is 405 g/mol. The highest BCUT2D eigenvalue weighted by atomic mass is 19.4. The number of hydrogen-bond donors (Lipinski definition) is 1. The van der Waals surface area contributed by atoms with Gasteiger partial charge >= 0.3 is 6.18 Å². The van der Waals surface area contributed by atoms with Crippen LogP contribution in [0.15, 0.2) is 35.5 Å². The lowest BCUT2D eigenvalue weighted by Crippen LogP contribution is -2.38. The van der Waals surface area contributed by atoms with E-state index in [0.717, 1.165) is 23.4 Å². The number of benzene rings is 1. The molecule has 0 bridgehead atoms. The van der Waals surface area contributed by atoms with Crippen LogP contribution in [0.25, 0.3) is 0 Å². The molecule has 0 aliphatic rings. The van der Waals surface area contributed by atoms with E-state index >= 15 is 0 Å². The Morgan fingerprint density at radius 1 is 1.28 bits per heavy atom. The summed E-state index contributed by atoms with van der Waals surface area (Å²) in [6.45, 7) is 5.18.